The number of rotatable bonds is 3. The third-order valence-electron chi connectivity index (χ3n) is 4.73. The molecule has 3 aromatic carbocycles. The Kier molecular flexibility index (Phi) is 3.83. The molecule has 2 nitrogen and oxygen atoms in total. The molecule has 1 atom stereocenters. The molecule has 0 fully saturated rings. The molecule has 0 radical (unpaired) electrons. The lowest BCUT2D eigenvalue weighted by Crippen LogP contribution is -2.38. The normalized spacial score (nSPS) is 18.8. The van der Waals surface area contributed by atoms with Gasteiger partial charge in [0.25, 0.3) is 0 Å². The average molecular weight is 326 g/mol. The molecule has 0 saturated carbocycles. The lowest BCUT2D eigenvalue weighted by Gasteiger charge is -2.33. The van der Waals surface area contributed by atoms with Crippen molar-refractivity contribution in [1.82, 2.24) is 0 Å². The van der Waals surface area contributed by atoms with E-state index >= 15 is 0 Å². The summed E-state index contributed by atoms with van der Waals surface area (Å²) in [5.74, 6) is -0.237. The van der Waals surface area contributed by atoms with Gasteiger partial charge in [-0.3, -0.25) is 4.79 Å². The van der Waals surface area contributed by atoms with Gasteiger partial charge in [0, 0.05) is 12.0 Å². The largest absolute Gasteiger partial charge is 0.377 e. The quantitative estimate of drug-likeness (QED) is 0.747. The first-order chi connectivity index (χ1) is 12.2. The molecule has 0 amide bonds. The number of fused-ring (bicyclic) bond motifs is 3. The van der Waals surface area contributed by atoms with Crippen LogP contribution >= 0.6 is 0 Å². The zero-order valence-electron chi connectivity index (χ0n) is 13.7. The molecule has 25 heavy (non-hydrogen) atoms. The predicted molar refractivity (Wildman–Crippen MR) is 100 cm³/mol. The highest BCUT2D eigenvalue weighted by atomic mass is 16.3. The number of ketones is 1. The summed E-state index contributed by atoms with van der Waals surface area (Å²) >= 11 is 0. The topological polar surface area (TPSA) is 37.3 Å². The van der Waals surface area contributed by atoms with Crippen molar-refractivity contribution >= 4 is 11.9 Å². The lowest BCUT2D eigenvalue weighted by molar-refractivity contribution is 0.0308. The van der Waals surface area contributed by atoms with Crippen molar-refractivity contribution in [2.75, 3.05) is 0 Å². The Labute approximate surface area is 147 Å². The van der Waals surface area contributed by atoms with Crippen molar-refractivity contribution < 1.29 is 9.90 Å². The SMILES string of the molecule is O=C1c2ccccc2-c2ccccc2C1(O)C/C=C/c1ccccc1. The molecular weight excluding hydrogens is 308 g/mol. The van der Waals surface area contributed by atoms with Crippen molar-refractivity contribution in [3.63, 3.8) is 0 Å². The summed E-state index contributed by atoms with van der Waals surface area (Å²) < 4.78 is 0. The average Bonchev–Trinajstić information content (AvgIpc) is 2.67. The molecule has 0 spiro atoms. The van der Waals surface area contributed by atoms with Gasteiger partial charge in [-0.05, 0) is 22.3 Å². The van der Waals surface area contributed by atoms with Crippen LogP contribution in [0.5, 0.6) is 0 Å². The van der Waals surface area contributed by atoms with Gasteiger partial charge in [-0.2, -0.15) is 0 Å². The van der Waals surface area contributed by atoms with E-state index in [4.69, 9.17) is 0 Å². The van der Waals surface area contributed by atoms with Crippen LogP contribution in [0.2, 0.25) is 0 Å². The highest BCUT2D eigenvalue weighted by Crippen LogP contribution is 2.43. The molecule has 4 rings (SSSR count). The minimum Gasteiger partial charge on any atom is -0.377 e. The molecule has 0 bridgehead atoms. The van der Waals surface area contributed by atoms with E-state index in [9.17, 15) is 9.90 Å². The molecule has 0 aliphatic heterocycles. The first-order valence-corrected chi connectivity index (χ1v) is 8.38. The summed E-state index contributed by atoms with van der Waals surface area (Å²) in [5.41, 5.74) is 2.58. The molecule has 1 N–H and O–H groups in total. The monoisotopic (exact) mass is 326 g/mol. The molecule has 3 aromatic rings. The Morgan fingerprint density at radius 3 is 2.12 bits per heavy atom. The van der Waals surface area contributed by atoms with Gasteiger partial charge in [-0.1, -0.05) is 91.0 Å². The van der Waals surface area contributed by atoms with E-state index in [1.54, 1.807) is 6.07 Å². The Bertz CT molecular complexity index is 957. The number of aliphatic hydroxyl groups is 1. The van der Waals surface area contributed by atoms with Crippen molar-refractivity contribution in [2.24, 2.45) is 0 Å². The maximum atomic E-state index is 13.1. The van der Waals surface area contributed by atoms with Gasteiger partial charge < -0.3 is 5.11 Å². The number of carbonyl (C=O) groups is 1. The van der Waals surface area contributed by atoms with Gasteiger partial charge in [0.05, 0.1) is 0 Å². The highest BCUT2D eigenvalue weighted by Gasteiger charge is 2.43. The Morgan fingerprint density at radius 1 is 0.760 bits per heavy atom. The van der Waals surface area contributed by atoms with Gasteiger partial charge in [0.1, 0.15) is 0 Å². The fourth-order valence-corrected chi connectivity index (χ4v) is 3.47. The van der Waals surface area contributed by atoms with E-state index in [0.717, 1.165) is 16.7 Å². The van der Waals surface area contributed by atoms with Crippen LogP contribution in [-0.2, 0) is 5.60 Å². The summed E-state index contributed by atoms with van der Waals surface area (Å²) in [6, 6.07) is 25.0. The number of hydrogen-bond acceptors (Lipinski definition) is 2. The zero-order valence-corrected chi connectivity index (χ0v) is 13.7. The summed E-state index contributed by atoms with van der Waals surface area (Å²) in [6.45, 7) is 0. The number of Topliss-reactive ketones (excluding diaryl/α,β-unsaturated/α-hetero) is 1. The fraction of sp³-hybridized carbons (Fsp3) is 0.0870. The van der Waals surface area contributed by atoms with E-state index < -0.39 is 5.60 Å². The first kappa shape index (κ1) is 15.6. The van der Waals surface area contributed by atoms with Crippen LogP contribution in [0.4, 0.5) is 0 Å². The van der Waals surface area contributed by atoms with Gasteiger partial charge in [0.15, 0.2) is 11.4 Å². The van der Waals surface area contributed by atoms with Gasteiger partial charge in [-0.25, -0.2) is 0 Å². The van der Waals surface area contributed by atoms with Crippen LogP contribution in [-0.4, -0.2) is 10.9 Å². The molecule has 1 unspecified atom stereocenters. The molecule has 1 aliphatic rings. The summed E-state index contributed by atoms with van der Waals surface area (Å²) in [5, 5.41) is 11.3. The predicted octanol–water partition coefficient (Wildman–Crippen LogP) is 4.84. The Hall–Kier alpha value is -2.97. The minimum absolute atomic E-state index is 0.237. The van der Waals surface area contributed by atoms with Crippen LogP contribution in [0.15, 0.2) is 84.9 Å². The highest BCUT2D eigenvalue weighted by molar-refractivity contribution is 6.11. The summed E-state index contributed by atoms with van der Waals surface area (Å²) in [7, 11) is 0. The zero-order chi connectivity index (χ0) is 17.3. The van der Waals surface area contributed by atoms with Gasteiger partial charge in [0.2, 0.25) is 0 Å². The number of hydrogen-bond donors (Lipinski definition) is 1. The first-order valence-electron chi connectivity index (χ1n) is 8.38. The molecule has 0 aromatic heterocycles. The lowest BCUT2D eigenvalue weighted by atomic mass is 9.73. The maximum absolute atomic E-state index is 13.1. The van der Waals surface area contributed by atoms with Crippen LogP contribution in [0.25, 0.3) is 17.2 Å². The fourth-order valence-electron chi connectivity index (χ4n) is 3.47. The molecule has 0 saturated heterocycles. The van der Waals surface area contributed by atoms with Crippen LogP contribution < -0.4 is 0 Å². The van der Waals surface area contributed by atoms with Crippen molar-refractivity contribution in [2.45, 2.75) is 12.0 Å². The van der Waals surface area contributed by atoms with E-state index in [1.807, 2.05) is 84.9 Å². The standard InChI is InChI=1S/C23H18O2/c24-22-20-14-5-4-12-18(20)19-13-6-7-15-21(19)23(22,25)16-8-11-17-9-2-1-3-10-17/h1-15,25H,16H2/b11-8+. The van der Waals surface area contributed by atoms with E-state index in [0.29, 0.717) is 11.1 Å². The van der Waals surface area contributed by atoms with Crippen molar-refractivity contribution in [1.29, 1.82) is 0 Å². The minimum atomic E-state index is -1.53. The van der Waals surface area contributed by atoms with E-state index in [1.165, 1.54) is 0 Å². The second-order valence-corrected chi connectivity index (χ2v) is 6.30. The summed E-state index contributed by atoms with van der Waals surface area (Å²) in [6.07, 6.45) is 4.05. The van der Waals surface area contributed by atoms with E-state index in [2.05, 4.69) is 0 Å². The summed E-state index contributed by atoms with van der Waals surface area (Å²) in [4.78, 5) is 13.1. The molecule has 1 aliphatic carbocycles. The van der Waals surface area contributed by atoms with Crippen LogP contribution in [0.1, 0.15) is 27.9 Å². The third-order valence-corrected chi connectivity index (χ3v) is 4.73. The second-order valence-electron chi connectivity index (χ2n) is 6.30. The Balaban J connectivity index is 1.76. The molecule has 0 heterocycles. The molecule has 2 heteroatoms. The van der Waals surface area contributed by atoms with Crippen molar-refractivity contribution in [3.8, 4) is 11.1 Å². The van der Waals surface area contributed by atoms with Crippen LogP contribution in [0, 0.1) is 0 Å². The number of carbonyl (C=O) groups excluding carboxylic acids is 1. The van der Waals surface area contributed by atoms with Crippen molar-refractivity contribution in [3.05, 3.63) is 102 Å². The smallest absolute Gasteiger partial charge is 0.199 e. The van der Waals surface area contributed by atoms with E-state index in [-0.39, 0.29) is 12.2 Å². The maximum Gasteiger partial charge on any atom is 0.199 e. The van der Waals surface area contributed by atoms with Gasteiger partial charge in [-0.15, -0.1) is 0 Å². The van der Waals surface area contributed by atoms with Gasteiger partial charge >= 0.3 is 0 Å². The molecular formula is C23H18O2. The Morgan fingerprint density at radius 2 is 1.36 bits per heavy atom. The third kappa shape index (κ3) is 2.61. The molecule has 122 valence electrons. The number of benzene rings is 3. The second kappa shape index (κ2) is 6.15. The van der Waals surface area contributed by atoms with Crippen LogP contribution in [0.3, 0.4) is 0 Å².